The fraction of sp³-hybridized carbons (Fsp3) is 0.400. The number of aryl methyl sites for hydroxylation is 1. The highest BCUT2D eigenvalue weighted by Crippen LogP contribution is 2.27. The molecule has 1 heterocycles. The van der Waals surface area contributed by atoms with Gasteiger partial charge in [0, 0.05) is 11.6 Å². The molecule has 0 saturated carbocycles. The Bertz CT molecular complexity index is 458. The molecule has 0 atom stereocenters. The fourth-order valence-corrected chi connectivity index (χ4v) is 2.05. The molecule has 86 valence electrons. The highest BCUT2D eigenvalue weighted by molar-refractivity contribution is 5.83. The molecule has 0 N–H and O–H groups in total. The molecule has 0 aliphatic heterocycles. The highest BCUT2D eigenvalue weighted by atomic mass is 14.6. The molecule has 0 aliphatic rings. The molecule has 0 saturated heterocycles. The number of benzene rings is 1. The minimum atomic E-state index is 0.558. The Balaban J connectivity index is 0.000000606. The average molecular weight is 215 g/mol. The Morgan fingerprint density at radius 3 is 2.38 bits per heavy atom. The van der Waals surface area contributed by atoms with Crippen LogP contribution in [-0.2, 0) is 0 Å². The molecule has 0 fully saturated rings. The van der Waals surface area contributed by atoms with E-state index >= 15 is 0 Å². The van der Waals surface area contributed by atoms with Crippen molar-refractivity contribution in [3.63, 3.8) is 0 Å². The van der Waals surface area contributed by atoms with Crippen LogP contribution in [0.4, 0.5) is 0 Å². The Labute approximate surface area is 98.5 Å². The van der Waals surface area contributed by atoms with Crippen molar-refractivity contribution in [2.75, 3.05) is 0 Å². The lowest BCUT2D eigenvalue weighted by molar-refractivity contribution is 0.866. The van der Waals surface area contributed by atoms with E-state index in [9.17, 15) is 0 Å². The molecule has 2 aromatic rings. The van der Waals surface area contributed by atoms with Crippen molar-refractivity contribution in [2.24, 2.45) is 0 Å². The molecule has 16 heavy (non-hydrogen) atoms. The van der Waals surface area contributed by atoms with Gasteiger partial charge in [0.1, 0.15) is 0 Å². The van der Waals surface area contributed by atoms with E-state index in [1.165, 1.54) is 16.5 Å². The minimum Gasteiger partial charge on any atom is -0.256 e. The number of nitrogens with zero attached hydrogens (tertiary/aromatic N) is 1. The maximum atomic E-state index is 4.37. The summed E-state index contributed by atoms with van der Waals surface area (Å²) in [6.45, 7) is 10.6. The van der Waals surface area contributed by atoms with Gasteiger partial charge in [0.05, 0.1) is 5.52 Å². The van der Waals surface area contributed by atoms with Crippen LogP contribution >= 0.6 is 0 Å². The van der Waals surface area contributed by atoms with Gasteiger partial charge in [0.2, 0.25) is 0 Å². The van der Waals surface area contributed by atoms with Crippen molar-refractivity contribution in [1.29, 1.82) is 0 Å². The van der Waals surface area contributed by atoms with Crippen LogP contribution in [0.3, 0.4) is 0 Å². The number of hydrogen-bond acceptors (Lipinski definition) is 1. The number of aromatic nitrogens is 1. The molecule has 1 heteroatoms. The molecule has 0 bridgehead atoms. The highest BCUT2D eigenvalue weighted by Gasteiger charge is 2.07. The van der Waals surface area contributed by atoms with Gasteiger partial charge in [0.15, 0.2) is 0 Å². The maximum Gasteiger partial charge on any atom is 0.0705 e. The molecular formula is C15H21N. The molecule has 0 aliphatic carbocycles. The van der Waals surface area contributed by atoms with E-state index in [0.29, 0.717) is 5.92 Å². The molecule has 0 radical (unpaired) electrons. The van der Waals surface area contributed by atoms with E-state index in [4.69, 9.17) is 0 Å². The summed E-state index contributed by atoms with van der Waals surface area (Å²) < 4.78 is 0. The predicted molar refractivity (Wildman–Crippen MR) is 71.9 cm³/mol. The molecule has 0 spiro atoms. The third-order valence-corrected chi connectivity index (χ3v) is 2.62. The van der Waals surface area contributed by atoms with Gasteiger partial charge < -0.3 is 0 Å². The third kappa shape index (κ3) is 2.41. The van der Waals surface area contributed by atoms with E-state index in [2.05, 4.69) is 44.0 Å². The summed E-state index contributed by atoms with van der Waals surface area (Å²) in [6.07, 6.45) is 1.85. The van der Waals surface area contributed by atoms with E-state index < -0.39 is 0 Å². The normalized spacial score (nSPS) is 10.1. The first-order valence-corrected chi connectivity index (χ1v) is 6.04. The van der Waals surface area contributed by atoms with E-state index in [1.807, 2.05) is 26.1 Å². The zero-order valence-electron chi connectivity index (χ0n) is 10.9. The summed E-state index contributed by atoms with van der Waals surface area (Å²) in [6, 6.07) is 8.42. The Morgan fingerprint density at radius 2 is 1.75 bits per heavy atom. The quantitative estimate of drug-likeness (QED) is 0.672. The van der Waals surface area contributed by atoms with Gasteiger partial charge in [-0.05, 0) is 36.1 Å². The van der Waals surface area contributed by atoms with E-state index in [1.54, 1.807) is 0 Å². The second-order valence-corrected chi connectivity index (χ2v) is 4.02. The zero-order chi connectivity index (χ0) is 12.1. The lowest BCUT2D eigenvalue weighted by Crippen LogP contribution is -1.94. The van der Waals surface area contributed by atoms with Crippen LogP contribution in [-0.4, -0.2) is 4.98 Å². The minimum absolute atomic E-state index is 0.558. The number of pyridine rings is 1. The van der Waals surface area contributed by atoms with Gasteiger partial charge in [-0.3, -0.25) is 4.98 Å². The van der Waals surface area contributed by atoms with Crippen LogP contribution in [0.5, 0.6) is 0 Å². The van der Waals surface area contributed by atoms with Crippen molar-refractivity contribution < 1.29 is 0 Å². The van der Waals surface area contributed by atoms with E-state index in [-0.39, 0.29) is 0 Å². The molecule has 0 amide bonds. The molecule has 2 rings (SSSR count). The standard InChI is InChI=1S/C13H15N.C2H6/c1-9(2)13-10(3)6-7-12-11(13)5-4-8-14-12;1-2/h4-9H,1-3H3;1-2H3. The van der Waals surface area contributed by atoms with Gasteiger partial charge in [-0.15, -0.1) is 0 Å². The molecule has 1 aromatic heterocycles. The van der Waals surface area contributed by atoms with Gasteiger partial charge >= 0.3 is 0 Å². The molecule has 1 nitrogen and oxygen atoms in total. The number of fused-ring (bicyclic) bond motifs is 1. The van der Waals surface area contributed by atoms with Crippen LogP contribution in [0.1, 0.15) is 44.7 Å². The first-order chi connectivity index (χ1) is 7.70. The summed E-state index contributed by atoms with van der Waals surface area (Å²) in [5, 5.41) is 1.29. The fourth-order valence-electron chi connectivity index (χ4n) is 2.05. The van der Waals surface area contributed by atoms with Crippen LogP contribution in [0.15, 0.2) is 30.5 Å². The van der Waals surface area contributed by atoms with Crippen LogP contribution in [0.25, 0.3) is 10.9 Å². The van der Waals surface area contributed by atoms with Crippen molar-refractivity contribution in [2.45, 2.75) is 40.5 Å². The lowest BCUT2D eigenvalue weighted by atomic mass is 9.94. The number of hydrogen-bond donors (Lipinski definition) is 0. The first kappa shape index (κ1) is 12.7. The SMILES string of the molecule is CC.Cc1ccc2ncccc2c1C(C)C. The molecule has 0 unspecified atom stereocenters. The van der Waals surface area contributed by atoms with Gasteiger partial charge in [0.25, 0.3) is 0 Å². The summed E-state index contributed by atoms with van der Waals surface area (Å²) in [4.78, 5) is 4.37. The molecular weight excluding hydrogens is 194 g/mol. The van der Waals surface area contributed by atoms with E-state index in [0.717, 1.165) is 5.52 Å². The smallest absolute Gasteiger partial charge is 0.0705 e. The number of rotatable bonds is 1. The first-order valence-electron chi connectivity index (χ1n) is 6.04. The van der Waals surface area contributed by atoms with Crippen LogP contribution in [0, 0.1) is 6.92 Å². The van der Waals surface area contributed by atoms with Crippen LogP contribution < -0.4 is 0 Å². The van der Waals surface area contributed by atoms with Crippen molar-refractivity contribution in [3.8, 4) is 0 Å². The predicted octanol–water partition coefficient (Wildman–Crippen LogP) is 4.69. The van der Waals surface area contributed by atoms with Crippen LogP contribution in [0.2, 0.25) is 0 Å². The monoisotopic (exact) mass is 215 g/mol. The average Bonchev–Trinajstić information content (AvgIpc) is 2.31. The Kier molecular flexibility index (Phi) is 4.48. The zero-order valence-corrected chi connectivity index (χ0v) is 10.9. The molecule has 1 aromatic carbocycles. The second-order valence-electron chi connectivity index (χ2n) is 4.02. The summed E-state index contributed by atoms with van der Waals surface area (Å²) in [5.41, 5.74) is 3.89. The van der Waals surface area contributed by atoms with Gasteiger partial charge in [-0.1, -0.05) is 39.8 Å². The Morgan fingerprint density at radius 1 is 1.06 bits per heavy atom. The summed E-state index contributed by atoms with van der Waals surface area (Å²) in [5.74, 6) is 0.558. The third-order valence-electron chi connectivity index (χ3n) is 2.62. The van der Waals surface area contributed by atoms with Crippen molar-refractivity contribution in [3.05, 3.63) is 41.6 Å². The Hall–Kier alpha value is -1.37. The largest absolute Gasteiger partial charge is 0.256 e. The maximum absolute atomic E-state index is 4.37. The van der Waals surface area contributed by atoms with Gasteiger partial charge in [-0.2, -0.15) is 0 Å². The lowest BCUT2D eigenvalue weighted by Gasteiger charge is -2.12. The van der Waals surface area contributed by atoms with Crippen molar-refractivity contribution in [1.82, 2.24) is 4.98 Å². The summed E-state index contributed by atoms with van der Waals surface area (Å²) in [7, 11) is 0. The van der Waals surface area contributed by atoms with Gasteiger partial charge in [-0.25, -0.2) is 0 Å². The van der Waals surface area contributed by atoms with Crippen molar-refractivity contribution >= 4 is 10.9 Å². The topological polar surface area (TPSA) is 12.9 Å². The summed E-state index contributed by atoms with van der Waals surface area (Å²) >= 11 is 0. The second kappa shape index (κ2) is 5.64.